The number of hydrogen-bond acceptors (Lipinski definition) is 3. The van der Waals surface area contributed by atoms with Crippen LogP contribution in [0.3, 0.4) is 0 Å². The molecule has 0 saturated heterocycles. The van der Waals surface area contributed by atoms with Crippen LogP contribution in [0.5, 0.6) is 5.75 Å². The number of rotatable bonds is 5. The fraction of sp³-hybridized carbons (Fsp3) is 0.400. The van der Waals surface area contributed by atoms with Gasteiger partial charge in [-0.15, -0.1) is 0 Å². The highest BCUT2D eigenvalue weighted by Gasteiger charge is 2.10. The van der Waals surface area contributed by atoms with Crippen molar-refractivity contribution < 1.29 is 4.74 Å². The Morgan fingerprint density at radius 2 is 1.83 bits per heavy atom. The minimum Gasteiger partial charge on any atom is -0.497 e. The van der Waals surface area contributed by atoms with Gasteiger partial charge in [-0.2, -0.15) is 5.26 Å². The number of methoxy groups -OCH3 is 1. The maximum absolute atomic E-state index is 9.20. The van der Waals surface area contributed by atoms with Gasteiger partial charge in [0, 0.05) is 11.2 Å². The molecule has 0 saturated carbocycles. The van der Waals surface area contributed by atoms with Crippen LogP contribution in [-0.4, -0.2) is 12.1 Å². The predicted molar refractivity (Wildman–Crippen MR) is 99.8 cm³/mol. The molecule has 1 aromatic carbocycles. The summed E-state index contributed by atoms with van der Waals surface area (Å²) >= 11 is 6.38. The van der Waals surface area contributed by atoms with Gasteiger partial charge in [0.05, 0.1) is 7.11 Å². The zero-order chi connectivity index (χ0) is 18.1. The summed E-state index contributed by atoms with van der Waals surface area (Å²) in [5.41, 5.74) is 4.63. The molecule has 4 heteroatoms. The standard InChI is InChI=1S/C18H19ClN2O.C2H6/c1-4-13-8-14(17(10-20)21-11-13)5-6-15-9-16(22-3)7-12(2)18(15)19;1-2/h7-9,11H,4-6H2,1-3H3;1-2H3. The first-order chi connectivity index (χ1) is 11.6. The Hall–Kier alpha value is -2.05. The lowest BCUT2D eigenvalue weighted by Gasteiger charge is -2.11. The smallest absolute Gasteiger partial charge is 0.143 e. The summed E-state index contributed by atoms with van der Waals surface area (Å²) < 4.78 is 5.30. The highest BCUT2D eigenvalue weighted by Crippen LogP contribution is 2.28. The largest absolute Gasteiger partial charge is 0.497 e. The lowest BCUT2D eigenvalue weighted by atomic mass is 10.00. The highest BCUT2D eigenvalue weighted by molar-refractivity contribution is 6.32. The lowest BCUT2D eigenvalue weighted by Crippen LogP contribution is -2.00. The van der Waals surface area contributed by atoms with E-state index < -0.39 is 0 Å². The van der Waals surface area contributed by atoms with Crippen molar-refractivity contribution >= 4 is 11.6 Å². The van der Waals surface area contributed by atoms with E-state index in [1.54, 1.807) is 13.3 Å². The lowest BCUT2D eigenvalue weighted by molar-refractivity contribution is 0.414. The van der Waals surface area contributed by atoms with Crippen LogP contribution in [0.15, 0.2) is 24.4 Å². The van der Waals surface area contributed by atoms with Crippen molar-refractivity contribution in [2.45, 2.75) is 47.0 Å². The Morgan fingerprint density at radius 1 is 1.17 bits per heavy atom. The summed E-state index contributed by atoms with van der Waals surface area (Å²) in [6.07, 6.45) is 4.16. The van der Waals surface area contributed by atoms with Crippen LogP contribution in [-0.2, 0) is 19.3 Å². The number of hydrogen-bond donors (Lipinski definition) is 0. The molecule has 0 fully saturated rings. The van der Waals surface area contributed by atoms with Gasteiger partial charge in [0.25, 0.3) is 0 Å². The Balaban J connectivity index is 0.00000139. The van der Waals surface area contributed by atoms with Crippen molar-refractivity contribution in [3.63, 3.8) is 0 Å². The first-order valence-electron chi connectivity index (χ1n) is 8.30. The number of nitriles is 1. The molecule has 24 heavy (non-hydrogen) atoms. The molecule has 0 radical (unpaired) electrons. The van der Waals surface area contributed by atoms with E-state index in [-0.39, 0.29) is 0 Å². The Kier molecular flexibility index (Phi) is 8.29. The van der Waals surface area contributed by atoms with Crippen LogP contribution in [0.1, 0.15) is 48.7 Å². The van der Waals surface area contributed by atoms with E-state index in [1.807, 2.05) is 32.9 Å². The second-order valence-corrected chi connectivity index (χ2v) is 5.61. The highest BCUT2D eigenvalue weighted by atomic mass is 35.5. The van der Waals surface area contributed by atoms with Gasteiger partial charge < -0.3 is 4.74 Å². The molecule has 0 aliphatic heterocycles. The topological polar surface area (TPSA) is 45.9 Å². The molecule has 1 heterocycles. The van der Waals surface area contributed by atoms with Crippen molar-refractivity contribution in [1.29, 1.82) is 5.26 Å². The number of ether oxygens (including phenoxy) is 1. The molecule has 2 aromatic rings. The summed E-state index contributed by atoms with van der Waals surface area (Å²) in [6, 6.07) is 8.10. The number of aryl methyl sites for hydroxylation is 4. The molecular formula is C20H25ClN2O. The van der Waals surface area contributed by atoms with Crippen molar-refractivity contribution in [1.82, 2.24) is 4.98 Å². The maximum atomic E-state index is 9.20. The number of benzene rings is 1. The minimum atomic E-state index is 0.493. The zero-order valence-electron chi connectivity index (χ0n) is 15.1. The normalized spacial score (nSPS) is 9.71. The molecule has 3 nitrogen and oxygen atoms in total. The zero-order valence-corrected chi connectivity index (χ0v) is 15.9. The van der Waals surface area contributed by atoms with Gasteiger partial charge >= 0.3 is 0 Å². The van der Waals surface area contributed by atoms with E-state index >= 15 is 0 Å². The van der Waals surface area contributed by atoms with E-state index in [0.717, 1.165) is 52.3 Å². The molecule has 0 spiro atoms. The monoisotopic (exact) mass is 344 g/mol. The van der Waals surface area contributed by atoms with E-state index in [4.69, 9.17) is 16.3 Å². The molecule has 0 N–H and O–H groups in total. The van der Waals surface area contributed by atoms with Gasteiger partial charge in [0.1, 0.15) is 17.5 Å². The number of pyridine rings is 1. The van der Waals surface area contributed by atoms with Crippen LogP contribution in [0.4, 0.5) is 0 Å². The summed E-state index contributed by atoms with van der Waals surface area (Å²) in [5.74, 6) is 0.804. The third-order valence-corrected chi connectivity index (χ3v) is 4.28. The SMILES string of the molecule is CC.CCc1cnc(C#N)c(CCc2cc(OC)cc(C)c2Cl)c1. The predicted octanol–water partition coefficient (Wildman–Crippen LogP) is 5.30. The van der Waals surface area contributed by atoms with E-state index in [2.05, 4.69) is 24.0 Å². The van der Waals surface area contributed by atoms with Gasteiger partial charge in [-0.05, 0) is 60.6 Å². The van der Waals surface area contributed by atoms with Crippen molar-refractivity contribution in [3.8, 4) is 11.8 Å². The summed E-state index contributed by atoms with van der Waals surface area (Å²) in [7, 11) is 1.65. The quantitative estimate of drug-likeness (QED) is 0.739. The third-order valence-electron chi connectivity index (χ3n) is 3.74. The van der Waals surface area contributed by atoms with Crippen LogP contribution in [0.2, 0.25) is 5.02 Å². The first-order valence-corrected chi connectivity index (χ1v) is 8.67. The minimum absolute atomic E-state index is 0.493. The van der Waals surface area contributed by atoms with Gasteiger partial charge in [0.15, 0.2) is 0 Å². The van der Waals surface area contributed by atoms with Crippen LogP contribution in [0.25, 0.3) is 0 Å². The van der Waals surface area contributed by atoms with Crippen molar-refractivity contribution in [2.75, 3.05) is 7.11 Å². The fourth-order valence-electron chi connectivity index (χ4n) is 2.42. The maximum Gasteiger partial charge on any atom is 0.143 e. The van der Waals surface area contributed by atoms with Gasteiger partial charge in [0.2, 0.25) is 0 Å². The Bertz CT molecular complexity index is 720. The molecule has 0 bridgehead atoms. The first kappa shape index (κ1) is 20.0. The number of nitrogens with zero attached hydrogens (tertiary/aromatic N) is 2. The molecular weight excluding hydrogens is 320 g/mol. The second-order valence-electron chi connectivity index (χ2n) is 5.23. The molecule has 0 amide bonds. The second kappa shape index (κ2) is 9.95. The average Bonchev–Trinajstić information content (AvgIpc) is 2.64. The molecule has 1 aromatic heterocycles. The van der Waals surface area contributed by atoms with Gasteiger partial charge in [-0.1, -0.05) is 38.4 Å². The van der Waals surface area contributed by atoms with E-state index in [0.29, 0.717) is 5.69 Å². The van der Waals surface area contributed by atoms with Gasteiger partial charge in [-0.3, -0.25) is 0 Å². The summed E-state index contributed by atoms with van der Waals surface area (Å²) in [4.78, 5) is 4.24. The van der Waals surface area contributed by atoms with Crippen molar-refractivity contribution in [3.05, 3.63) is 57.4 Å². The molecule has 2 rings (SSSR count). The van der Waals surface area contributed by atoms with E-state index in [1.165, 1.54) is 0 Å². The number of aromatic nitrogens is 1. The van der Waals surface area contributed by atoms with Crippen LogP contribution in [0, 0.1) is 18.3 Å². The van der Waals surface area contributed by atoms with Crippen LogP contribution < -0.4 is 4.74 Å². The summed E-state index contributed by atoms with van der Waals surface area (Å²) in [5, 5.41) is 9.96. The summed E-state index contributed by atoms with van der Waals surface area (Å²) in [6.45, 7) is 8.05. The van der Waals surface area contributed by atoms with Crippen molar-refractivity contribution in [2.24, 2.45) is 0 Å². The number of halogens is 1. The average molecular weight is 345 g/mol. The molecule has 128 valence electrons. The Labute approximate surface area is 150 Å². The fourth-order valence-corrected chi connectivity index (χ4v) is 2.62. The van der Waals surface area contributed by atoms with Crippen LogP contribution >= 0.6 is 11.6 Å². The third kappa shape index (κ3) is 4.97. The molecule has 0 aliphatic rings. The van der Waals surface area contributed by atoms with Gasteiger partial charge in [-0.25, -0.2) is 4.98 Å². The molecule has 0 unspecified atom stereocenters. The molecule has 0 aliphatic carbocycles. The van der Waals surface area contributed by atoms with E-state index in [9.17, 15) is 5.26 Å². The molecule has 0 atom stereocenters. The Morgan fingerprint density at radius 3 is 2.42 bits per heavy atom.